The zero-order valence-electron chi connectivity index (χ0n) is 13.5. The summed E-state index contributed by atoms with van der Waals surface area (Å²) in [6.07, 6.45) is 6.68. The number of rotatable bonds is 4. The Morgan fingerprint density at radius 1 is 1.08 bits per heavy atom. The first-order valence-corrected chi connectivity index (χ1v) is 9.25. The molecule has 0 bridgehead atoms. The van der Waals surface area contributed by atoms with E-state index < -0.39 is 0 Å². The summed E-state index contributed by atoms with van der Waals surface area (Å²) in [5.74, 6) is 0.203. The Balaban J connectivity index is 1.61. The predicted molar refractivity (Wildman–Crippen MR) is 98.6 cm³/mol. The zero-order chi connectivity index (χ0) is 16.4. The number of nitrogens with zero attached hydrogens (tertiary/aromatic N) is 2. The van der Waals surface area contributed by atoms with E-state index in [1.165, 1.54) is 10.4 Å². The molecule has 1 atom stereocenters. The highest BCUT2D eigenvalue weighted by Crippen LogP contribution is 2.31. The fourth-order valence-corrected chi connectivity index (χ4v) is 4.29. The maximum absolute atomic E-state index is 13.1. The van der Waals surface area contributed by atoms with Crippen molar-refractivity contribution in [2.75, 3.05) is 11.4 Å². The van der Waals surface area contributed by atoms with E-state index in [0.29, 0.717) is 6.42 Å². The summed E-state index contributed by atoms with van der Waals surface area (Å²) >= 11 is 1.71. The average molecular weight is 336 g/mol. The summed E-state index contributed by atoms with van der Waals surface area (Å²) in [4.78, 5) is 16.3. The van der Waals surface area contributed by atoms with Crippen LogP contribution in [-0.2, 0) is 11.2 Å². The van der Waals surface area contributed by atoms with E-state index in [4.69, 9.17) is 0 Å². The van der Waals surface area contributed by atoms with Crippen LogP contribution in [0.4, 0.5) is 5.69 Å². The molecule has 0 unspecified atom stereocenters. The molecule has 1 aromatic carbocycles. The van der Waals surface area contributed by atoms with Gasteiger partial charge < -0.3 is 9.47 Å². The van der Waals surface area contributed by atoms with Crippen LogP contribution in [0.25, 0.3) is 0 Å². The molecule has 0 radical (unpaired) electrons. The first-order valence-electron chi connectivity index (χ1n) is 8.37. The Bertz CT molecular complexity index is 774. The number of aryl methyl sites for hydroxylation is 1. The van der Waals surface area contributed by atoms with Crippen molar-refractivity contribution in [1.82, 2.24) is 4.57 Å². The highest BCUT2D eigenvalue weighted by atomic mass is 32.1. The average Bonchev–Trinajstić information content (AvgIpc) is 3.32. The fraction of sp³-hybridized carbons (Fsp3) is 0.250. The molecule has 4 rings (SSSR count). The molecule has 0 fully saturated rings. The number of hydrogen-bond acceptors (Lipinski definition) is 2. The lowest BCUT2D eigenvalue weighted by Gasteiger charge is -2.31. The van der Waals surface area contributed by atoms with E-state index in [-0.39, 0.29) is 11.9 Å². The molecule has 1 aliphatic heterocycles. The topological polar surface area (TPSA) is 25.2 Å². The molecule has 24 heavy (non-hydrogen) atoms. The van der Waals surface area contributed by atoms with E-state index in [2.05, 4.69) is 40.3 Å². The van der Waals surface area contributed by atoms with Crippen LogP contribution in [0.3, 0.4) is 0 Å². The molecule has 0 spiro atoms. The van der Waals surface area contributed by atoms with Gasteiger partial charge >= 0.3 is 0 Å². The molecule has 0 N–H and O–H groups in total. The molecule has 0 saturated heterocycles. The smallest absolute Gasteiger partial charge is 0.229 e. The number of carbonyl (C=O) groups is 1. The van der Waals surface area contributed by atoms with Crippen LogP contribution in [0.2, 0.25) is 0 Å². The van der Waals surface area contributed by atoms with Crippen LogP contribution >= 0.6 is 11.3 Å². The molecule has 0 saturated carbocycles. The molecular weight excluding hydrogens is 316 g/mol. The number of fused-ring (bicyclic) bond motifs is 1. The van der Waals surface area contributed by atoms with Crippen molar-refractivity contribution >= 4 is 22.9 Å². The van der Waals surface area contributed by atoms with Crippen molar-refractivity contribution in [3.8, 4) is 0 Å². The maximum Gasteiger partial charge on any atom is 0.229 e. The third-order valence-corrected chi connectivity index (χ3v) is 5.61. The lowest BCUT2D eigenvalue weighted by molar-refractivity contribution is -0.119. The number of amides is 1. The van der Waals surface area contributed by atoms with Crippen molar-refractivity contribution in [3.63, 3.8) is 0 Å². The van der Waals surface area contributed by atoms with Gasteiger partial charge in [0.25, 0.3) is 0 Å². The predicted octanol–water partition coefficient (Wildman–Crippen LogP) is 4.51. The summed E-state index contributed by atoms with van der Waals surface area (Å²) in [6.45, 7) is 0.818. The highest BCUT2D eigenvalue weighted by molar-refractivity contribution is 7.10. The van der Waals surface area contributed by atoms with Gasteiger partial charge in [0.15, 0.2) is 0 Å². The maximum atomic E-state index is 13.1. The van der Waals surface area contributed by atoms with Crippen LogP contribution in [0, 0.1) is 0 Å². The molecule has 3 nitrogen and oxygen atoms in total. The minimum absolute atomic E-state index is 0.0709. The lowest BCUT2D eigenvalue weighted by atomic mass is 10.0. The van der Waals surface area contributed by atoms with Crippen LogP contribution in [0.5, 0.6) is 0 Å². The minimum atomic E-state index is 0.0709. The standard InChI is InChI=1S/C20H20N2OS/c23-20(22-13-5-8-16-7-1-2-9-17(16)22)15-18(19-10-6-14-24-19)21-11-3-4-12-21/h1-4,6-7,9-12,14,18H,5,8,13,15H2/t18-/m0/s1. The Kier molecular flexibility index (Phi) is 4.22. The number of para-hydroxylation sites is 1. The fourth-order valence-electron chi connectivity index (χ4n) is 3.46. The Morgan fingerprint density at radius 3 is 2.71 bits per heavy atom. The van der Waals surface area contributed by atoms with Crippen LogP contribution in [0.15, 0.2) is 66.3 Å². The molecule has 1 aliphatic rings. The van der Waals surface area contributed by atoms with Crippen molar-refractivity contribution in [3.05, 3.63) is 76.7 Å². The van der Waals surface area contributed by atoms with Gasteiger partial charge in [0.05, 0.1) is 12.5 Å². The van der Waals surface area contributed by atoms with Gasteiger partial charge in [0, 0.05) is 29.5 Å². The second-order valence-electron chi connectivity index (χ2n) is 6.14. The molecule has 3 aromatic rings. The second kappa shape index (κ2) is 6.65. The Labute approximate surface area is 146 Å². The molecule has 1 amide bonds. The van der Waals surface area contributed by atoms with Gasteiger partial charge in [-0.1, -0.05) is 24.3 Å². The minimum Gasteiger partial charge on any atom is -0.346 e. The number of aromatic nitrogens is 1. The molecule has 0 aliphatic carbocycles. The van der Waals surface area contributed by atoms with Crippen LogP contribution < -0.4 is 4.90 Å². The molecule has 122 valence electrons. The highest BCUT2D eigenvalue weighted by Gasteiger charge is 2.26. The van der Waals surface area contributed by atoms with Gasteiger partial charge in [-0.15, -0.1) is 11.3 Å². The van der Waals surface area contributed by atoms with Gasteiger partial charge in [0.2, 0.25) is 5.91 Å². The number of benzene rings is 1. The van der Waals surface area contributed by atoms with Crippen LogP contribution in [-0.4, -0.2) is 17.0 Å². The van der Waals surface area contributed by atoms with Gasteiger partial charge in [-0.2, -0.15) is 0 Å². The first-order chi connectivity index (χ1) is 11.8. The molecule has 4 heteroatoms. The monoisotopic (exact) mass is 336 g/mol. The van der Waals surface area contributed by atoms with E-state index in [9.17, 15) is 4.79 Å². The second-order valence-corrected chi connectivity index (χ2v) is 7.12. The quantitative estimate of drug-likeness (QED) is 0.688. The third kappa shape index (κ3) is 2.89. The summed E-state index contributed by atoms with van der Waals surface area (Å²) in [5.41, 5.74) is 2.37. The normalized spacial score (nSPS) is 15.1. The molecule has 2 aromatic heterocycles. The summed E-state index contributed by atoms with van der Waals surface area (Å²) in [6, 6.07) is 16.6. The van der Waals surface area contributed by atoms with E-state index >= 15 is 0 Å². The number of carbonyl (C=O) groups excluding carboxylic acids is 1. The van der Waals surface area contributed by atoms with Crippen LogP contribution in [0.1, 0.15) is 29.3 Å². The van der Waals surface area contributed by atoms with Crippen molar-refractivity contribution in [1.29, 1.82) is 0 Å². The molecule has 3 heterocycles. The summed E-state index contributed by atoms with van der Waals surface area (Å²) < 4.78 is 2.14. The zero-order valence-corrected chi connectivity index (χ0v) is 14.3. The Hall–Kier alpha value is -2.33. The summed E-state index contributed by atoms with van der Waals surface area (Å²) in [5, 5.41) is 2.08. The van der Waals surface area contributed by atoms with Gasteiger partial charge in [0.1, 0.15) is 0 Å². The van der Waals surface area contributed by atoms with E-state index in [0.717, 1.165) is 25.1 Å². The van der Waals surface area contributed by atoms with Gasteiger partial charge in [-0.25, -0.2) is 0 Å². The third-order valence-electron chi connectivity index (χ3n) is 4.64. The number of hydrogen-bond donors (Lipinski definition) is 0. The van der Waals surface area contributed by atoms with E-state index in [1.807, 2.05) is 35.5 Å². The van der Waals surface area contributed by atoms with Crippen molar-refractivity contribution < 1.29 is 4.79 Å². The Morgan fingerprint density at radius 2 is 1.92 bits per heavy atom. The molecular formula is C20H20N2OS. The first kappa shape index (κ1) is 15.2. The summed E-state index contributed by atoms with van der Waals surface area (Å²) in [7, 11) is 0. The number of anilines is 1. The largest absolute Gasteiger partial charge is 0.346 e. The van der Waals surface area contributed by atoms with Crippen molar-refractivity contribution in [2.45, 2.75) is 25.3 Å². The SMILES string of the molecule is O=C(C[C@@H](c1cccs1)n1cccc1)N1CCCc2ccccc21. The number of thiophene rings is 1. The van der Waals surface area contributed by atoms with E-state index in [1.54, 1.807) is 11.3 Å². The lowest BCUT2D eigenvalue weighted by Crippen LogP contribution is -2.36. The van der Waals surface area contributed by atoms with Gasteiger partial charge in [-0.3, -0.25) is 4.79 Å². The van der Waals surface area contributed by atoms with Gasteiger partial charge in [-0.05, 0) is 48.1 Å². The van der Waals surface area contributed by atoms with Crippen molar-refractivity contribution in [2.24, 2.45) is 0 Å².